The van der Waals surface area contributed by atoms with Crippen molar-refractivity contribution in [1.29, 1.82) is 0 Å². The van der Waals surface area contributed by atoms with Crippen molar-refractivity contribution in [1.82, 2.24) is 18.7 Å². The van der Waals surface area contributed by atoms with Crippen molar-refractivity contribution in [3.63, 3.8) is 0 Å². The lowest BCUT2D eigenvalue weighted by atomic mass is 10.2. The third-order valence-electron chi connectivity index (χ3n) is 4.02. The highest BCUT2D eigenvalue weighted by atomic mass is 16.2. The SMILES string of the molecule is CN(C)c1ccc(Cn2cnc3c2c(=O)n(C)c(=O)n3C)cc1. The summed E-state index contributed by atoms with van der Waals surface area (Å²) < 4.78 is 4.28. The zero-order chi connectivity index (χ0) is 16.7. The molecule has 23 heavy (non-hydrogen) atoms. The van der Waals surface area contributed by atoms with Gasteiger partial charge < -0.3 is 9.47 Å². The molecule has 0 aliphatic carbocycles. The molecule has 0 saturated heterocycles. The number of aryl methyl sites for hydroxylation is 1. The lowest BCUT2D eigenvalue weighted by Gasteiger charge is -2.13. The van der Waals surface area contributed by atoms with Crippen LogP contribution in [-0.2, 0) is 20.6 Å². The van der Waals surface area contributed by atoms with Crippen LogP contribution in [-0.4, -0.2) is 32.8 Å². The van der Waals surface area contributed by atoms with Gasteiger partial charge in [-0.05, 0) is 17.7 Å². The second kappa shape index (κ2) is 5.42. The van der Waals surface area contributed by atoms with E-state index in [0.29, 0.717) is 17.7 Å². The molecular formula is C16H19N5O2. The van der Waals surface area contributed by atoms with E-state index >= 15 is 0 Å². The molecule has 2 aromatic heterocycles. The maximum absolute atomic E-state index is 12.4. The highest BCUT2D eigenvalue weighted by Crippen LogP contribution is 2.14. The van der Waals surface area contributed by atoms with Crippen molar-refractivity contribution in [3.05, 3.63) is 57.0 Å². The van der Waals surface area contributed by atoms with Crippen LogP contribution in [0, 0.1) is 0 Å². The van der Waals surface area contributed by atoms with E-state index in [1.165, 1.54) is 11.6 Å². The van der Waals surface area contributed by atoms with Crippen LogP contribution in [0.5, 0.6) is 0 Å². The summed E-state index contributed by atoms with van der Waals surface area (Å²) in [5, 5.41) is 0. The minimum absolute atomic E-state index is 0.328. The average Bonchev–Trinajstić information content (AvgIpc) is 2.95. The van der Waals surface area contributed by atoms with Gasteiger partial charge >= 0.3 is 5.69 Å². The van der Waals surface area contributed by atoms with E-state index in [9.17, 15) is 9.59 Å². The molecule has 0 atom stereocenters. The third-order valence-corrected chi connectivity index (χ3v) is 4.02. The van der Waals surface area contributed by atoms with Gasteiger partial charge in [0.25, 0.3) is 5.56 Å². The molecule has 0 spiro atoms. The number of benzene rings is 1. The quantitative estimate of drug-likeness (QED) is 0.708. The van der Waals surface area contributed by atoms with E-state index in [2.05, 4.69) is 4.98 Å². The van der Waals surface area contributed by atoms with Crippen LogP contribution in [0.4, 0.5) is 5.69 Å². The van der Waals surface area contributed by atoms with Crippen LogP contribution in [0.25, 0.3) is 11.2 Å². The van der Waals surface area contributed by atoms with Gasteiger partial charge in [-0.25, -0.2) is 9.78 Å². The van der Waals surface area contributed by atoms with Gasteiger partial charge in [-0.1, -0.05) is 12.1 Å². The first-order valence-corrected chi connectivity index (χ1v) is 7.27. The number of hydrogen-bond acceptors (Lipinski definition) is 4. The first-order chi connectivity index (χ1) is 10.9. The van der Waals surface area contributed by atoms with Crippen molar-refractivity contribution in [2.75, 3.05) is 19.0 Å². The maximum atomic E-state index is 12.4. The van der Waals surface area contributed by atoms with Gasteiger partial charge in [0.2, 0.25) is 0 Å². The van der Waals surface area contributed by atoms with Crippen molar-refractivity contribution in [3.8, 4) is 0 Å². The summed E-state index contributed by atoms with van der Waals surface area (Å²) in [5.74, 6) is 0. The number of fused-ring (bicyclic) bond motifs is 1. The first kappa shape index (κ1) is 15.1. The van der Waals surface area contributed by atoms with Crippen molar-refractivity contribution in [2.24, 2.45) is 14.1 Å². The van der Waals surface area contributed by atoms with E-state index in [4.69, 9.17) is 0 Å². The zero-order valence-corrected chi connectivity index (χ0v) is 13.6. The van der Waals surface area contributed by atoms with E-state index in [0.717, 1.165) is 15.8 Å². The average molecular weight is 313 g/mol. The standard InChI is InChI=1S/C16H19N5O2/c1-18(2)12-7-5-11(6-8-12)9-21-10-17-14-13(21)15(22)20(4)16(23)19(14)3/h5-8,10H,9H2,1-4H3. The Balaban J connectivity index is 2.08. The summed E-state index contributed by atoms with van der Waals surface area (Å²) in [4.78, 5) is 30.6. The topological polar surface area (TPSA) is 65.1 Å². The smallest absolute Gasteiger partial charge is 0.332 e. The molecule has 0 saturated carbocycles. The van der Waals surface area contributed by atoms with Gasteiger partial charge in [-0.2, -0.15) is 0 Å². The van der Waals surface area contributed by atoms with Gasteiger partial charge in [0, 0.05) is 40.4 Å². The Labute approximate surface area is 133 Å². The fraction of sp³-hybridized carbons (Fsp3) is 0.312. The van der Waals surface area contributed by atoms with Crippen LogP contribution in [0.2, 0.25) is 0 Å². The second-order valence-corrected chi connectivity index (χ2v) is 5.81. The molecule has 0 bridgehead atoms. The molecule has 120 valence electrons. The van der Waals surface area contributed by atoms with Gasteiger partial charge in [0.15, 0.2) is 11.2 Å². The van der Waals surface area contributed by atoms with E-state index in [1.54, 1.807) is 17.9 Å². The fourth-order valence-corrected chi connectivity index (χ4v) is 2.61. The molecule has 3 aromatic rings. The molecule has 3 rings (SSSR count). The Bertz CT molecular complexity index is 977. The molecule has 0 aliphatic rings. The number of anilines is 1. The fourth-order valence-electron chi connectivity index (χ4n) is 2.61. The molecule has 1 aromatic carbocycles. The Morgan fingerprint density at radius 3 is 2.30 bits per heavy atom. The van der Waals surface area contributed by atoms with E-state index in [1.807, 2.05) is 43.3 Å². The van der Waals surface area contributed by atoms with Crippen LogP contribution in [0.15, 0.2) is 40.2 Å². The molecule has 0 amide bonds. The monoisotopic (exact) mass is 313 g/mol. The lowest BCUT2D eigenvalue weighted by Crippen LogP contribution is -2.37. The highest BCUT2D eigenvalue weighted by Gasteiger charge is 2.14. The number of nitrogens with zero attached hydrogens (tertiary/aromatic N) is 5. The lowest BCUT2D eigenvalue weighted by molar-refractivity contribution is 0.702. The molecule has 0 N–H and O–H groups in total. The predicted molar refractivity (Wildman–Crippen MR) is 90.1 cm³/mol. The number of aromatic nitrogens is 4. The molecular weight excluding hydrogens is 294 g/mol. The van der Waals surface area contributed by atoms with Gasteiger partial charge in [-0.3, -0.25) is 13.9 Å². The third kappa shape index (κ3) is 2.44. The van der Waals surface area contributed by atoms with Crippen LogP contribution in [0.3, 0.4) is 0 Å². The largest absolute Gasteiger partial charge is 0.378 e. The van der Waals surface area contributed by atoms with E-state index in [-0.39, 0.29) is 11.2 Å². The Kier molecular flexibility index (Phi) is 3.55. The molecule has 0 fully saturated rings. The number of imidazole rings is 1. The summed E-state index contributed by atoms with van der Waals surface area (Å²) in [7, 11) is 7.08. The first-order valence-electron chi connectivity index (χ1n) is 7.27. The molecule has 0 unspecified atom stereocenters. The van der Waals surface area contributed by atoms with Gasteiger partial charge in [0.1, 0.15) is 0 Å². The Morgan fingerprint density at radius 1 is 1.04 bits per heavy atom. The Morgan fingerprint density at radius 2 is 1.70 bits per heavy atom. The second-order valence-electron chi connectivity index (χ2n) is 5.81. The van der Waals surface area contributed by atoms with Gasteiger partial charge in [-0.15, -0.1) is 0 Å². The zero-order valence-electron chi connectivity index (χ0n) is 13.6. The highest BCUT2D eigenvalue weighted by molar-refractivity contribution is 5.70. The minimum Gasteiger partial charge on any atom is -0.378 e. The van der Waals surface area contributed by atoms with Crippen molar-refractivity contribution >= 4 is 16.9 Å². The molecule has 2 heterocycles. The van der Waals surface area contributed by atoms with E-state index < -0.39 is 0 Å². The Hall–Kier alpha value is -2.83. The summed E-state index contributed by atoms with van der Waals surface area (Å²) in [6.45, 7) is 0.525. The molecule has 7 heteroatoms. The van der Waals surface area contributed by atoms with Crippen molar-refractivity contribution < 1.29 is 0 Å². The summed E-state index contributed by atoms with van der Waals surface area (Å²) in [6, 6.07) is 8.10. The van der Waals surface area contributed by atoms with Gasteiger partial charge in [0.05, 0.1) is 6.33 Å². The maximum Gasteiger partial charge on any atom is 0.332 e. The number of rotatable bonds is 3. The molecule has 7 nitrogen and oxygen atoms in total. The number of hydrogen-bond donors (Lipinski definition) is 0. The van der Waals surface area contributed by atoms with Crippen LogP contribution >= 0.6 is 0 Å². The summed E-state index contributed by atoms with van der Waals surface area (Å²) in [5.41, 5.74) is 2.32. The van der Waals surface area contributed by atoms with Crippen LogP contribution in [0.1, 0.15) is 5.56 Å². The predicted octanol–water partition coefficient (Wildman–Crippen LogP) is 0.548. The normalized spacial score (nSPS) is 11.1. The molecule has 0 radical (unpaired) electrons. The molecule has 0 aliphatic heterocycles. The van der Waals surface area contributed by atoms with Crippen molar-refractivity contribution in [2.45, 2.75) is 6.54 Å². The summed E-state index contributed by atoms with van der Waals surface area (Å²) in [6.07, 6.45) is 1.60. The minimum atomic E-state index is -0.372. The summed E-state index contributed by atoms with van der Waals surface area (Å²) >= 11 is 0. The van der Waals surface area contributed by atoms with Crippen LogP contribution < -0.4 is 16.1 Å².